The Labute approximate surface area is 106 Å². The van der Waals surface area contributed by atoms with Crippen molar-refractivity contribution in [2.24, 2.45) is 0 Å². The van der Waals surface area contributed by atoms with Gasteiger partial charge in [-0.3, -0.25) is 0 Å². The van der Waals surface area contributed by atoms with Crippen molar-refractivity contribution < 1.29 is 9.53 Å². The molecule has 4 heteroatoms. The number of rotatable bonds is 2. The molecule has 2 rings (SSSR count). The fraction of sp³-hybridized carbons (Fsp3) is 0.214. The van der Waals surface area contributed by atoms with E-state index in [-0.39, 0.29) is 0 Å². The van der Waals surface area contributed by atoms with Gasteiger partial charge in [0, 0.05) is 6.20 Å². The van der Waals surface area contributed by atoms with E-state index in [9.17, 15) is 4.79 Å². The average Bonchev–Trinajstić information content (AvgIpc) is 2.28. The summed E-state index contributed by atoms with van der Waals surface area (Å²) in [6, 6.07) is 7.34. The summed E-state index contributed by atoms with van der Waals surface area (Å²) < 4.78 is 5.28. The van der Waals surface area contributed by atoms with Gasteiger partial charge in [-0.1, -0.05) is 12.1 Å². The molecule has 4 nitrogen and oxygen atoms in total. The van der Waals surface area contributed by atoms with Gasteiger partial charge in [-0.2, -0.15) is 0 Å². The van der Waals surface area contributed by atoms with E-state index in [4.69, 9.17) is 4.74 Å². The second kappa shape index (κ2) is 4.96. The highest BCUT2D eigenvalue weighted by molar-refractivity contribution is 5.91. The van der Waals surface area contributed by atoms with Crippen molar-refractivity contribution in [3.63, 3.8) is 0 Å². The first kappa shape index (κ1) is 12.2. The molecule has 0 N–H and O–H groups in total. The van der Waals surface area contributed by atoms with Crippen molar-refractivity contribution >= 4 is 5.97 Å². The second-order valence-corrected chi connectivity index (χ2v) is 4.12. The predicted octanol–water partition coefficient (Wildman–Crippen LogP) is 2.62. The Morgan fingerprint density at radius 2 is 2.00 bits per heavy atom. The van der Waals surface area contributed by atoms with Crippen LogP contribution in [0.3, 0.4) is 0 Å². The van der Waals surface area contributed by atoms with Crippen LogP contribution in [0.2, 0.25) is 0 Å². The first-order valence-electron chi connectivity index (χ1n) is 5.65. The maximum atomic E-state index is 12.0. The Hall–Kier alpha value is -2.23. The molecule has 92 valence electrons. The van der Waals surface area contributed by atoms with Crippen molar-refractivity contribution in [1.29, 1.82) is 0 Å². The number of esters is 1. The van der Waals surface area contributed by atoms with Crippen molar-refractivity contribution in [1.82, 2.24) is 9.97 Å². The van der Waals surface area contributed by atoms with E-state index in [1.165, 1.54) is 6.20 Å². The van der Waals surface area contributed by atoms with Gasteiger partial charge in [0.05, 0.1) is 11.3 Å². The van der Waals surface area contributed by atoms with Gasteiger partial charge in [0.25, 0.3) is 0 Å². The highest BCUT2D eigenvalue weighted by atomic mass is 16.5. The Bertz CT molecular complexity index is 594. The minimum atomic E-state index is -0.432. The summed E-state index contributed by atoms with van der Waals surface area (Å²) in [6.45, 7) is 5.49. The number of hydrogen-bond acceptors (Lipinski definition) is 4. The van der Waals surface area contributed by atoms with Crippen LogP contribution in [0.1, 0.15) is 27.4 Å². The van der Waals surface area contributed by atoms with Crippen molar-refractivity contribution in [2.75, 3.05) is 0 Å². The SMILES string of the molecule is Cc1cccc(OC(=O)c2cnc(C)nc2C)c1. The number of ether oxygens (including phenoxy) is 1. The first-order valence-corrected chi connectivity index (χ1v) is 5.65. The highest BCUT2D eigenvalue weighted by Gasteiger charge is 2.13. The summed E-state index contributed by atoms with van der Waals surface area (Å²) in [4.78, 5) is 20.1. The maximum Gasteiger partial charge on any atom is 0.346 e. The molecule has 1 heterocycles. The number of benzene rings is 1. The van der Waals surface area contributed by atoms with E-state index < -0.39 is 5.97 Å². The van der Waals surface area contributed by atoms with Gasteiger partial charge in [0.2, 0.25) is 0 Å². The molecule has 0 spiro atoms. The van der Waals surface area contributed by atoms with Crippen molar-refractivity contribution in [2.45, 2.75) is 20.8 Å². The molecular formula is C14H14N2O2. The second-order valence-electron chi connectivity index (χ2n) is 4.12. The molecule has 0 aliphatic rings. The van der Waals surface area contributed by atoms with Crippen LogP contribution in [0.5, 0.6) is 5.75 Å². The standard InChI is InChI=1S/C14H14N2O2/c1-9-5-4-6-12(7-9)18-14(17)13-8-15-11(3)16-10(13)2/h4-8H,1-3H3. The smallest absolute Gasteiger partial charge is 0.346 e. The molecule has 0 radical (unpaired) electrons. The van der Waals surface area contributed by atoms with Crippen LogP contribution in [0.15, 0.2) is 30.5 Å². The third-order valence-electron chi connectivity index (χ3n) is 2.52. The zero-order valence-electron chi connectivity index (χ0n) is 10.6. The molecule has 0 atom stereocenters. The summed E-state index contributed by atoms with van der Waals surface area (Å²) in [7, 11) is 0. The van der Waals surface area contributed by atoms with Gasteiger partial charge >= 0.3 is 5.97 Å². The van der Waals surface area contributed by atoms with Gasteiger partial charge in [-0.05, 0) is 38.5 Å². The molecule has 0 aliphatic heterocycles. The van der Waals surface area contributed by atoms with Crippen LogP contribution in [0, 0.1) is 20.8 Å². The van der Waals surface area contributed by atoms with E-state index >= 15 is 0 Å². The largest absolute Gasteiger partial charge is 0.423 e. The minimum Gasteiger partial charge on any atom is -0.423 e. The Kier molecular flexibility index (Phi) is 3.37. The van der Waals surface area contributed by atoms with Gasteiger partial charge in [0.1, 0.15) is 11.6 Å². The molecule has 0 saturated carbocycles. The average molecular weight is 242 g/mol. The molecule has 18 heavy (non-hydrogen) atoms. The van der Waals surface area contributed by atoms with E-state index in [0.717, 1.165) is 5.56 Å². The lowest BCUT2D eigenvalue weighted by Crippen LogP contribution is -2.12. The number of carbonyl (C=O) groups is 1. The molecule has 0 bridgehead atoms. The Morgan fingerprint density at radius 3 is 2.67 bits per heavy atom. The normalized spacial score (nSPS) is 10.2. The number of aryl methyl sites for hydroxylation is 3. The zero-order chi connectivity index (χ0) is 13.1. The van der Waals surface area contributed by atoms with Crippen molar-refractivity contribution in [3.8, 4) is 5.75 Å². The van der Waals surface area contributed by atoms with Crippen LogP contribution in [-0.2, 0) is 0 Å². The molecule has 1 aromatic heterocycles. The molecular weight excluding hydrogens is 228 g/mol. The molecule has 0 fully saturated rings. The summed E-state index contributed by atoms with van der Waals surface area (Å²) >= 11 is 0. The minimum absolute atomic E-state index is 0.391. The number of hydrogen-bond donors (Lipinski definition) is 0. The fourth-order valence-corrected chi connectivity index (χ4v) is 1.62. The van der Waals surface area contributed by atoms with E-state index in [1.54, 1.807) is 19.9 Å². The van der Waals surface area contributed by atoms with E-state index in [1.807, 2.05) is 25.1 Å². The number of nitrogens with zero attached hydrogens (tertiary/aromatic N) is 2. The van der Waals surface area contributed by atoms with Crippen molar-refractivity contribution in [3.05, 3.63) is 53.1 Å². The van der Waals surface area contributed by atoms with Gasteiger partial charge in [0.15, 0.2) is 0 Å². The van der Waals surface area contributed by atoms with Crippen LogP contribution in [0.4, 0.5) is 0 Å². The summed E-state index contributed by atoms with van der Waals surface area (Å²) in [5.74, 6) is 0.734. The lowest BCUT2D eigenvalue weighted by Gasteiger charge is -2.06. The monoisotopic (exact) mass is 242 g/mol. The van der Waals surface area contributed by atoms with Crippen LogP contribution in [-0.4, -0.2) is 15.9 Å². The van der Waals surface area contributed by atoms with Crippen LogP contribution < -0.4 is 4.74 Å². The Morgan fingerprint density at radius 1 is 1.22 bits per heavy atom. The molecule has 2 aromatic rings. The molecule has 0 aliphatic carbocycles. The molecule has 0 amide bonds. The summed E-state index contributed by atoms with van der Waals surface area (Å²) in [5.41, 5.74) is 2.06. The predicted molar refractivity (Wildman–Crippen MR) is 67.6 cm³/mol. The maximum absolute atomic E-state index is 12.0. The van der Waals surface area contributed by atoms with Gasteiger partial charge in [-0.25, -0.2) is 14.8 Å². The topological polar surface area (TPSA) is 52.1 Å². The molecule has 0 unspecified atom stereocenters. The summed E-state index contributed by atoms with van der Waals surface area (Å²) in [6.07, 6.45) is 1.50. The third kappa shape index (κ3) is 2.71. The highest BCUT2D eigenvalue weighted by Crippen LogP contribution is 2.15. The van der Waals surface area contributed by atoms with Gasteiger partial charge in [-0.15, -0.1) is 0 Å². The number of aromatic nitrogens is 2. The lowest BCUT2D eigenvalue weighted by atomic mass is 10.2. The third-order valence-corrected chi connectivity index (χ3v) is 2.52. The Balaban J connectivity index is 2.22. The fourth-order valence-electron chi connectivity index (χ4n) is 1.62. The number of carbonyl (C=O) groups excluding carboxylic acids is 1. The van der Waals surface area contributed by atoms with Crippen LogP contribution >= 0.6 is 0 Å². The van der Waals surface area contributed by atoms with E-state index in [2.05, 4.69) is 9.97 Å². The lowest BCUT2D eigenvalue weighted by molar-refractivity contribution is 0.0733. The van der Waals surface area contributed by atoms with Gasteiger partial charge < -0.3 is 4.74 Å². The quantitative estimate of drug-likeness (QED) is 0.600. The zero-order valence-corrected chi connectivity index (χ0v) is 10.6. The molecule has 0 saturated heterocycles. The van der Waals surface area contributed by atoms with E-state index in [0.29, 0.717) is 22.8 Å². The first-order chi connectivity index (χ1) is 8.56. The summed E-state index contributed by atoms with van der Waals surface area (Å²) in [5, 5.41) is 0. The van der Waals surface area contributed by atoms with Crippen LogP contribution in [0.25, 0.3) is 0 Å². The molecule has 1 aromatic carbocycles.